The second-order valence-corrected chi connectivity index (χ2v) is 5.78. The van der Waals surface area contributed by atoms with Crippen LogP contribution in [0.2, 0.25) is 5.02 Å². The van der Waals surface area contributed by atoms with Crippen molar-refractivity contribution in [3.05, 3.63) is 71.4 Å². The molecule has 1 aromatic heterocycles. The van der Waals surface area contributed by atoms with E-state index in [9.17, 15) is 0 Å². The molecule has 0 aliphatic rings. The first-order valence-corrected chi connectivity index (χ1v) is 7.56. The zero-order valence-electron chi connectivity index (χ0n) is 11.0. The summed E-state index contributed by atoms with van der Waals surface area (Å²) in [6, 6.07) is 17.6. The van der Waals surface area contributed by atoms with Crippen molar-refractivity contribution >= 4 is 34.3 Å². The lowest BCUT2D eigenvalue weighted by molar-refractivity contribution is 1.29. The molecule has 3 rings (SSSR count). The number of hydrogen-bond acceptors (Lipinski definition) is 4. The lowest BCUT2D eigenvalue weighted by Gasteiger charge is -1.95. The van der Waals surface area contributed by atoms with Crippen molar-refractivity contribution in [1.29, 1.82) is 0 Å². The minimum Gasteiger partial charge on any atom is -0.253 e. The van der Waals surface area contributed by atoms with Crippen molar-refractivity contribution in [1.82, 2.24) is 4.98 Å². The first-order chi connectivity index (χ1) is 10.3. The molecular formula is C16H12ClN3S. The fourth-order valence-electron chi connectivity index (χ4n) is 1.77. The van der Waals surface area contributed by atoms with Crippen molar-refractivity contribution < 1.29 is 0 Å². The summed E-state index contributed by atoms with van der Waals surface area (Å²) in [6.07, 6.45) is 3.58. The van der Waals surface area contributed by atoms with Crippen LogP contribution in [0.25, 0.3) is 10.4 Å². The number of hydrogen-bond donors (Lipinski definition) is 1. The van der Waals surface area contributed by atoms with Gasteiger partial charge in [-0.3, -0.25) is 5.43 Å². The van der Waals surface area contributed by atoms with Gasteiger partial charge in [-0.1, -0.05) is 65.4 Å². The van der Waals surface area contributed by atoms with Gasteiger partial charge in [-0.2, -0.15) is 5.10 Å². The molecule has 0 atom stereocenters. The Morgan fingerprint density at radius 3 is 2.57 bits per heavy atom. The van der Waals surface area contributed by atoms with E-state index >= 15 is 0 Å². The van der Waals surface area contributed by atoms with E-state index in [1.54, 1.807) is 17.6 Å². The Hall–Kier alpha value is -2.17. The molecule has 1 N–H and O–H groups in total. The third-order valence-corrected chi connectivity index (χ3v) is 4.01. The normalized spacial score (nSPS) is 10.9. The Bertz CT molecular complexity index is 736. The third kappa shape index (κ3) is 3.68. The highest BCUT2D eigenvalue weighted by Gasteiger charge is 2.02. The zero-order valence-corrected chi connectivity index (χ0v) is 12.6. The summed E-state index contributed by atoms with van der Waals surface area (Å²) < 4.78 is 0. The molecule has 1 heterocycles. The lowest BCUT2D eigenvalue weighted by Crippen LogP contribution is -1.89. The summed E-state index contributed by atoms with van der Waals surface area (Å²) in [5.74, 6) is 0. The molecule has 0 unspecified atom stereocenters. The second kappa shape index (κ2) is 6.52. The van der Waals surface area contributed by atoms with E-state index in [1.165, 1.54) is 0 Å². The van der Waals surface area contributed by atoms with Crippen LogP contribution in [0.3, 0.4) is 0 Å². The highest BCUT2D eigenvalue weighted by molar-refractivity contribution is 7.18. The number of hydrazone groups is 1. The molecule has 0 spiro atoms. The number of nitrogens with zero attached hydrogens (tertiary/aromatic N) is 2. The molecule has 0 radical (unpaired) electrons. The van der Waals surface area contributed by atoms with E-state index in [1.807, 2.05) is 48.7 Å². The first-order valence-electron chi connectivity index (χ1n) is 6.37. The van der Waals surface area contributed by atoms with Gasteiger partial charge in [0.05, 0.1) is 11.1 Å². The minimum atomic E-state index is 0.715. The van der Waals surface area contributed by atoms with E-state index in [2.05, 4.69) is 27.6 Å². The number of anilines is 1. The predicted octanol–water partition coefficient (Wildman–Crippen LogP) is 4.91. The third-order valence-electron chi connectivity index (χ3n) is 2.81. The predicted molar refractivity (Wildman–Crippen MR) is 90.2 cm³/mol. The molecule has 2 aromatic carbocycles. The van der Waals surface area contributed by atoms with Crippen LogP contribution in [-0.2, 0) is 0 Å². The number of nitrogens with one attached hydrogen (secondary N) is 1. The topological polar surface area (TPSA) is 37.3 Å². The SMILES string of the molecule is Clc1ccc(C=NNc2ncc(-c3ccccc3)s2)cc1. The first kappa shape index (κ1) is 13.8. The molecule has 0 aliphatic heterocycles. The Balaban J connectivity index is 1.66. The standard InChI is InChI=1S/C16H12ClN3S/c17-14-8-6-12(7-9-14)10-19-20-16-18-11-15(21-16)13-4-2-1-3-5-13/h1-11H,(H,18,20). The molecule has 0 amide bonds. The van der Waals surface area contributed by atoms with Crippen molar-refractivity contribution in [2.24, 2.45) is 5.10 Å². The van der Waals surface area contributed by atoms with E-state index in [-0.39, 0.29) is 0 Å². The van der Waals surface area contributed by atoms with Crippen LogP contribution >= 0.6 is 22.9 Å². The highest BCUT2D eigenvalue weighted by Crippen LogP contribution is 2.28. The monoisotopic (exact) mass is 313 g/mol. The Kier molecular flexibility index (Phi) is 4.28. The maximum absolute atomic E-state index is 5.83. The fourth-order valence-corrected chi connectivity index (χ4v) is 2.67. The largest absolute Gasteiger partial charge is 0.253 e. The molecule has 0 aliphatic carbocycles. The fraction of sp³-hybridized carbons (Fsp3) is 0. The molecule has 0 saturated carbocycles. The van der Waals surface area contributed by atoms with Crippen LogP contribution < -0.4 is 5.43 Å². The van der Waals surface area contributed by atoms with Crippen LogP contribution in [0, 0.1) is 0 Å². The Morgan fingerprint density at radius 2 is 1.81 bits per heavy atom. The Morgan fingerprint density at radius 1 is 1.05 bits per heavy atom. The highest BCUT2D eigenvalue weighted by atomic mass is 35.5. The molecule has 104 valence electrons. The molecule has 3 nitrogen and oxygen atoms in total. The Labute approximate surface area is 131 Å². The summed E-state index contributed by atoms with van der Waals surface area (Å²) in [6.45, 7) is 0. The number of benzene rings is 2. The van der Waals surface area contributed by atoms with Crippen LogP contribution in [0.5, 0.6) is 0 Å². The van der Waals surface area contributed by atoms with Crippen LogP contribution in [0.1, 0.15) is 5.56 Å². The number of aromatic nitrogens is 1. The van der Waals surface area contributed by atoms with Crippen molar-refractivity contribution in [2.45, 2.75) is 0 Å². The molecule has 3 aromatic rings. The summed E-state index contributed by atoms with van der Waals surface area (Å²) in [5, 5.41) is 5.66. The average molecular weight is 314 g/mol. The van der Waals surface area contributed by atoms with Crippen LogP contribution in [-0.4, -0.2) is 11.2 Å². The van der Waals surface area contributed by atoms with E-state index in [0.29, 0.717) is 5.02 Å². The number of thiazole rings is 1. The van der Waals surface area contributed by atoms with E-state index in [0.717, 1.165) is 21.1 Å². The van der Waals surface area contributed by atoms with Gasteiger partial charge < -0.3 is 0 Å². The van der Waals surface area contributed by atoms with Crippen molar-refractivity contribution in [3.8, 4) is 10.4 Å². The molecule has 0 saturated heterocycles. The minimum absolute atomic E-state index is 0.715. The summed E-state index contributed by atoms with van der Waals surface area (Å²) >= 11 is 7.40. The van der Waals surface area contributed by atoms with Gasteiger partial charge in [-0.25, -0.2) is 4.98 Å². The van der Waals surface area contributed by atoms with Gasteiger partial charge in [0.15, 0.2) is 0 Å². The number of halogens is 1. The quantitative estimate of drug-likeness (QED) is 0.549. The van der Waals surface area contributed by atoms with Gasteiger partial charge in [0.2, 0.25) is 5.13 Å². The van der Waals surface area contributed by atoms with Gasteiger partial charge in [0.25, 0.3) is 0 Å². The number of rotatable bonds is 4. The molecule has 5 heteroatoms. The van der Waals surface area contributed by atoms with Gasteiger partial charge >= 0.3 is 0 Å². The van der Waals surface area contributed by atoms with E-state index < -0.39 is 0 Å². The second-order valence-electron chi connectivity index (χ2n) is 4.32. The van der Waals surface area contributed by atoms with Gasteiger partial charge in [0.1, 0.15) is 0 Å². The van der Waals surface area contributed by atoms with Crippen LogP contribution in [0.15, 0.2) is 65.9 Å². The van der Waals surface area contributed by atoms with Gasteiger partial charge in [-0.05, 0) is 23.3 Å². The smallest absolute Gasteiger partial charge is 0.203 e. The van der Waals surface area contributed by atoms with Crippen molar-refractivity contribution in [2.75, 3.05) is 5.43 Å². The molecule has 0 bridgehead atoms. The lowest BCUT2D eigenvalue weighted by atomic mass is 10.2. The van der Waals surface area contributed by atoms with Crippen molar-refractivity contribution in [3.63, 3.8) is 0 Å². The summed E-state index contributed by atoms with van der Waals surface area (Å²) in [4.78, 5) is 5.42. The van der Waals surface area contributed by atoms with Gasteiger partial charge in [-0.15, -0.1) is 0 Å². The maximum atomic E-state index is 5.83. The van der Waals surface area contributed by atoms with E-state index in [4.69, 9.17) is 11.6 Å². The van der Waals surface area contributed by atoms with Gasteiger partial charge in [0, 0.05) is 11.2 Å². The molecule has 21 heavy (non-hydrogen) atoms. The molecule has 0 fully saturated rings. The average Bonchev–Trinajstić information content (AvgIpc) is 2.99. The zero-order chi connectivity index (χ0) is 14.5. The summed E-state index contributed by atoms with van der Waals surface area (Å²) in [7, 11) is 0. The van der Waals surface area contributed by atoms with Crippen LogP contribution in [0.4, 0.5) is 5.13 Å². The summed E-state index contributed by atoms with van der Waals surface area (Å²) in [5.41, 5.74) is 5.08. The maximum Gasteiger partial charge on any atom is 0.203 e. The molecular weight excluding hydrogens is 302 g/mol.